The Kier molecular flexibility index (Phi) is 5.30. The third-order valence-electron chi connectivity index (χ3n) is 1.91. The smallest absolute Gasteiger partial charge is 0.427 e. The van der Waals surface area contributed by atoms with Crippen LogP contribution in [0.3, 0.4) is 0 Å². The molecule has 0 atom stereocenters. The molecule has 0 aliphatic rings. The van der Waals surface area contributed by atoms with Gasteiger partial charge in [0.05, 0.1) is 17.7 Å². The van der Waals surface area contributed by atoms with Crippen LogP contribution in [0.4, 0.5) is 10.5 Å². The van der Waals surface area contributed by atoms with Crippen LogP contribution in [0, 0.1) is 10.1 Å². The quantitative estimate of drug-likeness (QED) is 0.492. The Morgan fingerprint density at radius 3 is 2.72 bits per heavy atom. The van der Waals surface area contributed by atoms with E-state index in [9.17, 15) is 14.9 Å². The number of hydrazone groups is 1. The maximum absolute atomic E-state index is 11.0. The predicted octanol–water partition coefficient (Wildman–Crippen LogP) is 2.06. The molecule has 96 valence electrons. The van der Waals surface area contributed by atoms with Crippen LogP contribution in [0.15, 0.2) is 29.4 Å². The molecule has 0 saturated carbocycles. The van der Waals surface area contributed by atoms with E-state index in [1.54, 1.807) is 0 Å². The average molecular weight is 251 g/mol. The summed E-state index contributed by atoms with van der Waals surface area (Å²) in [5.41, 5.74) is 2.82. The summed E-state index contributed by atoms with van der Waals surface area (Å²) in [6.07, 6.45) is 1.48. The summed E-state index contributed by atoms with van der Waals surface area (Å²) in [6, 6.07) is 5.77. The fourth-order valence-corrected chi connectivity index (χ4v) is 1.07. The zero-order chi connectivity index (χ0) is 13.4. The summed E-state index contributed by atoms with van der Waals surface area (Å²) < 4.78 is 4.73. The van der Waals surface area contributed by atoms with Gasteiger partial charge in [-0.2, -0.15) is 5.10 Å². The topological polar surface area (TPSA) is 93.8 Å². The van der Waals surface area contributed by atoms with Gasteiger partial charge in [-0.15, -0.1) is 0 Å². The normalized spacial score (nSPS) is 10.3. The first-order valence-electron chi connectivity index (χ1n) is 5.33. The number of carbonyl (C=O) groups is 1. The van der Waals surface area contributed by atoms with Gasteiger partial charge < -0.3 is 4.74 Å². The van der Waals surface area contributed by atoms with Crippen LogP contribution < -0.4 is 5.43 Å². The highest BCUT2D eigenvalue weighted by atomic mass is 16.6. The zero-order valence-corrected chi connectivity index (χ0v) is 9.83. The molecule has 0 fully saturated rings. The summed E-state index contributed by atoms with van der Waals surface area (Å²) >= 11 is 0. The van der Waals surface area contributed by atoms with Gasteiger partial charge in [0.1, 0.15) is 0 Å². The Morgan fingerprint density at radius 1 is 1.50 bits per heavy atom. The highest BCUT2D eigenvalue weighted by molar-refractivity contribution is 5.81. The first-order chi connectivity index (χ1) is 8.63. The minimum Gasteiger partial charge on any atom is -0.448 e. The molecular formula is C11H13N3O4. The number of nitro benzene ring substituents is 1. The maximum Gasteiger partial charge on any atom is 0.427 e. The Hall–Kier alpha value is -2.44. The molecule has 0 radical (unpaired) electrons. The number of carbonyl (C=O) groups excluding carboxylic acids is 1. The molecule has 0 aliphatic heterocycles. The third kappa shape index (κ3) is 4.60. The molecule has 0 unspecified atom stereocenters. The number of benzene rings is 1. The van der Waals surface area contributed by atoms with Crippen molar-refractivity contribution in [2.45, 2.75) is 13.3 Å². The largest absolute Gasteiger partial charge is 0.448 e. The van der Waals surface area contributed by atoms with Crippen LogP contribution in [0.1, 0.15) is 18.9 Å². The van der Waals surface area contributed by atoms with Crippen molar-refractivity contribution in [1.82, 2.24) is 5.43 Å². The van der Waals surface area contributed by atoms with E-state index in [0.29, 0.717) is 12.2 Å². The number of non-ortho nitro benzene ring substituents is 1. The van der Waals surface area contributed by atoms with Gasteiger partial charge in [0.15, 0.2) is 0 Å². The highest BCUT2D eigenvalue weighted by Gasteiger charge is 2.02. The fourth-order valence-electron chi connectivity index (χ4n) is 1.07. The van der Waals surface area contributed by atoms with Gasteiger partial charge in [-0.25, -0.2) is 10.2 Å². The van der Waals surface area contributed by atoms with Gasteiger partial charge in [-0.3, -0.25) is 10.1 Å². The van der Waals surface area contributed by atoms with E-state index in [2.05, 4.69) is 10.5 Å². The minimum absolute atomic E-state index is 0.00228. The molecule has 7 nitrogen and oxygen atoms in total. The SMILES string of the molecule is CCCOC(=O)N/N=C/c1ccc([N+](=O)[O-])cc1. The number of hydrogen-bond acceptors (Lipinski definition) is 5. The summed E-state index contributed by atoms with van der Waals surface area (Å²) in [4.78, 5) is 20.9. The molecule has 1 rings (SSSR count). The second kappa shape index (κ2) is 7.00. The lowest BCUT2D eigenvalue weighted by molar-refractivity contribution is -0.384. The fraction of sp³-hybridized carbons (Fsp3) is 0.273. The molecule has 0 bridgehead atoms. The van der Waals surface area contributed by atoms with Gasteiger partial charge in [0.2, 0.25) is 0 Å². The lowest BCUT2D eigenvalue weighted by Gasteiger charge is -2.00. The van der Waals surface area contributed by atoms with E-state index in [-0.39, 0.29) is 5.69 Å². The monoisotopic (exact) mass is 251 g/mol. The Morgan fingerprint density at radius 2 is 2.17 bits per heavy atom. The lowest BCUT2D eigenvalue weighted by atomic mass is 10.2. The number of nitrogens with one attached hydrogen (secondary N) is 1. The highest BCUT2D eigenvalue weighted by Crippen LogP contribution is 2.10. The van der Waals surface area contributed by atoms with Crippen LogP contribution in [0.25, 0.3) is 0 Å². The van der Waals surface area contributed by atoms with Crippen LogP contribution >= 0.6 is 0 Å². The maximum atomic E-state index is 11.0. The van der Waals surface area contributed by atoms with Crippen LogP contribution in [-0.4, -0.2) is 23.8 Å². The van der Waals surface area contributed by atoms with Crippen molar-refractivity contribution in [2.24, 2.45) is 5.10 Å². The molecule has 0 saturated heterocycles. The predicted molar refractivity (Wildman–Crippen MR) is 65.5 cm³/mol. The molecule has 0 spiro atoms. The number of rotatable bonds is 5. The Labute approximate surface area is 104 Å². The second-order valence-electron chi connectivity index (χ2n) is 3.35. The summed E-state index contributed by atoms with van der Waals surface area (Å²) in [7, 11) is 0. The standard InChI is InChI=1S/C11H13N3O4/c1-2-7-18-11(15)13-12-8-9-3-5-10(6-4-9)14(16)17/h3-6,8H,2,7H2,1H3,(H,13,15)/b12-8+. The lowest BCUT2D eigenvalue weighted by Crippen LogP contribution is -2.19. The van der Waals surface area contributed by atoms with Crippen molar-refractivity contribution in [2.75, 3.05) is 6.61 Å². The van der Waals surface area contributed by atoms with Crippen molar-refractivity contribution in [3.8, 4) is 0 Å². The number of hydrogen-bond donors (Lipinski definition) is 1. The Balaban J connectivity index is 2.47. The number of amides is 1. The van der Waals surface area contributed by atoms with E-state index >= 15 is 0 Å². The van der Waals surface area contributed by atoms with E-state index in [1.165, 1.54) is 30.5 Å². The Bertz CT molecular complexity index is 442. The molecule has 1 amide bonds. The van der Waals surface area contributed by atoms with E-state index < -0.39 is 11.0 Å². The van der Waals surface area contributed by atoms with E-state index in [0.717, 1.165) is 6.42 Å². The van der Waals surface area contributed by atoms with Crippen molar-refractivity contribution < 1.29 is 14.5 Å². The molecule has 0 heterocycles. The van der Waals surface area contributed by atoms with Crippen molar-refractivity contribution in [3.05, 3.63) is 39.9 Å². The third-order valence-corrected chi connectivity index (χ3v) is 1.91. The second-order valence-corrected chi connectivity index (χ2v) is 3.35. The molecule has 0 aliphatic carbocycles. The van der Waals surface area contributed by atoms with Crippen molar-refractivity contribution in [1.29, 1.82) is 0 Å². The van der Waals surface area contributed by atoms with Crippen LogP contribution in [0.5, 0.6) is 0 Å². The van der Waals surface area contributed by atoms with Crippen LogP contribution in [0.2, 0.25) is 0 Å². The minimum atomic E-state index is -0.630. The van der Waals surface area contributed by atoms with E-state index in [1.807, 2.05) is 6.92 Å². The molecule has 1 aromatic rings. The summed E-state index contributed by atoms with van der Waals surface area (Å²) in [5, 5.41) is 14.1. The number of nitro groups is 1. The van der Waals surface area contributed by atoms with Gasteiger partial charge in [0, 0.05) is 12.1 Å². The first kappa shape index (κ1) is 13.6. The van der Waals surface area contributed by atoms with Gasteiger partial charge in [-0.1, -0.05) is 6.92 Å². The zero-order valence-electron chi connectivity index (χ0n) is 9.83. The number of ether oxygens (including phenoxy) is 1. The van der Waals surface area contributed by atoms with E-state index in [4.69, 9.17) is 4.74 Å². The van der Waals surface area contributed by atoms with Crippen molar-refractivity contribution in [3.63, 3.8) is 0 Å². The van der Waals surface area contributed by atoms with Crippen molar-refractivity contribution >= 4 is 18.0 Å². The molecule has 18 heavy (non-hydrogen) atoms. The average Bonchev–Trinajstić information content (AvgIpc) is 2.37. The van der Waals surface area contributed by atoms with Crippen LogP contribution in [-0.2, 0) is 4.74 Å². The molecule has 0 aromatic heterocycles. The molecule has 1 N–H and O–H groups in total. The number of nitrogens with zero attached hydrogens (tertiary/aromatic N) is 2. The molecular weight excluding hydrogens is 238 g/mol. The molecule has 1 aromatic carbocycles. The van der Waals surface area contributed by atoms with Gasteiger partial charge in [0.25, 0.3) is 5.69 Å². The van der Waals surface area contributed by atoms with Gasteiger partial charge >= 0.3 is 6.09 Å². The molecule has 7 heteroatoms. The van der Waals surface area contributed by atoms with Gasteiger partial charge in [-0.05, 0) is 24.1 Å². The summed E-state index contributed by atoms with van der Waals surface area (Å²) in [6.45, 7) is 2.21. The first-order valence-corrected chi connectivity index (χ1v) is 5.33. The summed E-state index contributed by atoms with van der Waals surface area (Å²) in [5.74, 6) is 0.